The molecule has 2 atom stereocenters. The zero-order valence-electron chi connectivity index (χ0n) is 12.1. The van der Waals surface area contributed by atoms with Crippen LogP contribution in [0.1, 0.15) is 25.0 Å². The quantitative estimate of drug-likeness (QED) is 0.895. The second-order valence-electron chi connectivity index (χ2n) is 6.06. The molecule has 2 saturated heterocycles. The van der Waals surface area contributed by atoms with Gasteiger partial charge in [-0.25, -0.2) is 0 Å². The molecular weight excluding hydrogens is 250 g/mol. The summed E-state index contributed by atoms with van der Waals surface area (Å²) in [5.74, 6) is 0. The fraction of sp³-hybridized carbons (Fsp3) is 0.688. The third-order valence-corrected chi connectivity index (χ3v) is 4.60. The number of hydrogen-bond donors (Lipinski definition) is 1. The summed E-state index contributed by atoms with van der Waals surface area (Å²) in [6.07, 6.45) is 6.57. The molecule has 0 saturated carbocycles. The minimum Gasteiger partial charge on any atom is -0.390 e. The van der Waals surface area contributed by atoms with Gasteiger partial charge in [0, 0.05) is 44.0 Å². The first-order valence-corrected chi connectivity index (χ1v) is 7.87. The Morgan fingerprint density at radius 2 is 2.00 bits per heavy atom. The van der Waals surface area contributed by atoms with E-state index in [0.717, 1.165) is 44.8 Å². The summed E-state index contributed by atoms with van der Waals surface area (Å²) in [5, 5.41) is 10.3. The molecule has 1 N–H and O–H groups in total. The molecule has 0 spiro atoms. The zero-order valence-corrected chi connectivity index (χ0v) is 12.1. The van der Waals surface area contributed by atoms with E-state index in [-0.39, 0.29) is 6.10 Å². The van der Waals surface area contributed by atoms with Gasteiger partial charge in [-0.2, -0.15) is 0 Å². The molecule has 3 rings (SSSR count). The lowest BCUT2D eigenvalue weighted by atomic mass is 10.1. The highest BCUT2D eigenvalue weighted by Crippen LogP contribution is 2.20. The molecule has 0 amide bonds. The van der Waals surface area contributed by atoms with Gasteiger partial charge in [-0.05, 0) is 38.1 Å². The van der Waals surface area contributed by atoms with E-state index < -0.39 is 0 Å². The molecule has 20 heavy (non-hydrogen) atoms. The third kappa shape index (κ3) is 3.37. The topological polar surface area (TPSA) is 39.6 Å². The molecule has 2 aliphatic rings. The molecule has 0 aliphatic carbocycles. The Morgan fingerprint density at radius 3 is 2.75 bits per heavy atom. The van der Waals surface area contributed by atoms with Gasteiger partial charge < -0.3 is 5.11 Å². The molecule has 2 fully saturated rings. The smallest absolute Gasteiger partial charge is 0.0834 e. The Hall–Kier alpha value is -0.970. The van der Waals surface area contributed by atoms with Crippen molar-refractivity contribution in [3.05, 3.63) is 30.1 Å². The van der Waals surface area contributed by atoms with Crippen LogP contribution in [-0.4, -0.2) is 64.8 Å². The van der Waals surface area contributed by atoms with Gasteiger partial charge in [0.1, 0.15) is 0 Å². The lowest BCUT2D eigenvalue weighted by Gasteiger charge is -2.33. The standard InChI is InChI=1S/C16H25N3O/c20-16-13-18(11-7-14-6-2-3-8-17-14)12-15(16)19-9-4-1-5-10-19/h2-3,6,8,15-16,20H,1,4-5,7,9-13H2/t15-,16-/m0/s1. The number of aliphatic hydroxyl groups excluding tert-OH is 1. The van der Waals surface area contributed by atoms with Crippen molar-refractivity contribution in [3.8, 4) is 0 Å². The molecule has 3 heterocycles. The number of likely N-dealkylation sites (tertiary alicyclic amines) is 2. The van der Waals surface area contributed by atoms with Gasteiger partial charge in [0.2, 0.25) is 0 Å². The number of aliphatic hydroxyl groups is 1. The molecular formula is C16H25N3O. The lowest BCUT2D eigenvalue weighted by molar-refractivity contribution is 0.0706. The van der Waals surface area contributed by atoms with Crippen LogP contribution in [0.2, 0.25) is 0 Å². The van der Waals surface area contributed by atoms with Crippen molar-refractivity contribution in [2.24, 2.45) is 0 Å². The van der Waals surface area contributed by atoms with Crippen LogP contribution < -0.4 is 0 Å². The van der Waals surface area contributed by atoms with E-state index in [4.69, 9.17) is 0 Å². The Labute approximate surface area is 121 Å². The number of β-amino-alcohol motifs (C(OH)–C–C–N with tert-alkyl or cyclic N) is 1. The van der Waals surface area contributed by atoms with Gasteiger partial charge in [0.05, 0.1) is 6.10 Å². The molecule has 0 radical (unpaired) electrons. The van der Waals surface area contributed by atoms with E-state index in [1.807, 2.05) is 18.3 Å². The maximum absolute atomic E-state index is 10.3. The average Bonchev–Trinajstić information content (AvgIpc) is 2.88. The predicted octanol–water partition coefficient (Wildman–Crippen LogP) is 1.16. The number of piperidine rings is 1. The van der Waals surface area contributed by atoms with Crippen LogP contribution >= 0.6 is 0 Å². The van der Waals surface area contributed by atoms with E-state index in [2.05, 4.69) is 20.9 Å². The van der Waals surface area contributed by atoms with E-state index in [0.29, 0.717) is 6.04 Å². The first kappa shape index (κ1) is 14.0. The lowest BCUT2D eigenvalue weighted by Crippen LogP contribution is -2.45. The molecule has 2 aliphatic heterocycles. The maximum Gasteiger partial charge on any atom is 0.0834 e. The van der Waals surface area contributed by atoms with Crippen molar-refractivity contribution >= 4 is 0 Å². The fourth-order valence-corrected chi connectivity index (χ4v) is 3.46. The first-order chi connectivity index (χ1) is 9.83. The van der Waals surface area contributed by atoms with E-state index >= 15 is 0 Å². The van der Waals surface area contributed by atoms with Crippen LogP contribution in [-0.2, 0) is 6.42 Å². The van der Waals surface area contributed by atoms with Gasteiger partial charge in [-0.3, -0.25) is 14.8 Å². The summed E-state index contributed by atoms with van der Waals surface area (Å²) in [6, 6.07) is 6.42. The average molecular weight is 275 g/mol. The molecule has 1 aromatic rings. The van der Waals surface area contributed by atoms with Crippen LogP contribution in [0.3, 0.4) is 0 Å². The summed E-state index contributed by atoms with van der Waals surface area (Å²) in [6.45, 7) is 5.14. The molecule has 0 aromatic carbocycles. The van der Waals surface area contributed by atoms with Gasteiger partial charge in [0.15, 0.2) is 0 Å². The Balaban J connectivity index is 1.50. The molecule has 110 valence electrons. The summed E-state index contributed by atoms with van der Waals surface area (Å²) in [7, 11) is 0. The predicted molar refractivity (Wildman–Crippen MR) is 79.6 cm³/mol. The number of pyridine rings is 1. The van der Waals surface area contributed by atoms with Crippen molar-refractivity contribution in [2.45, 2.75) is 37.8 Å². The summed E-state index contributed by atoms with van der Waals surface area (Å²) in [4.78, 5) is 9.25. The fourth-order valence-electron chi connectivity index (χ4n) is 3.46. The number of rotatable bonds is 4. The highest BCUT2D eigenvalue weighted by atomic mass is 16.3. The van der Waals surface area contributed by atoms with Crippen LogP contribution in [0.5, 0.6) is 0 Å². The summed E-state index contributed by atoms with van der Waals surface area (Å²) in [5.41, 5.74) is 1.14. The van der Waals surface area contributed by atoms with Gasteiger partial charge >= 0.3 is 0 Å². The van der Waals surface area contributed by atoms with E-state index in [9.17, 15) is 5.11 Å². The minimum absolute atomic E-state index is 0.183. The molecule has 4 heteroatoms. The summed E-state index contributed by atoms with van der Waals surface area (Å²) < 4.78 is 0. The van der Waals surface area contributed by atoms with Crippen molar-refractivity contribution in [2.75, 3.05) is 32.7 Å². The Bertz CT molecular complexity index is 405. The van der Waals surface area contributed by atoms with E-state index in [1.54, 1.807) is 0 Å². The second-order valence-corrected chi connectivity index (χ2v) is 6.06. The molecule has 1 aromatic heterocycles. The number of aromatic nitrogens is 1. The van der Waals surface area contributed by atoms with Crippen molar-refractivity contribution < 1.29 is 5.11 Å². The SMILES string of the molecule is O[C@H]1CN(CCc2ccccn2)C[C@@H]1N1CCCCC1. The number of nitrogens with zero attached hydrogens (tertiary/aromatic N) is 3. The van der Waals surface area contributed by atoms with Crippen LogP contribution in [0, 0.1) is 0 Å². The Morgan fingerprint density at radius 1 is 1.15 bits per heavy atom. The normalized spacial score (nSPS) is 28.9. The minimum atomic E-state index is -0.183. The van der Waals surface area contributed by atoms with Crippen LogP contribution in [0.15, 0.2) is 24.4 Å². The van der Waals surface area contributed by atoms with Crippen LogP contribution in [0.4, 0.5) is 0 Å². The third-order valence-electron chi connectivity index (χ3n) is 4.60. The second kappa shape index (κ2) is 6.66. The Kier molecular flexibility index (Phi) is 4.65. The zero-order chi connectivity index (χ0) is 13.8. The molecule has 0 bridgehead atoms. The van der Waals surface area contributed by atoms with Gasteiger partial charge in [0.25, 0.3) is 0 Å². The largest absolute Gasteiger partial charge is 0.390 e. The van der Waals surface area contributed by atoms with Gasteiger partial charge in [-0.15, -0.1) is 0 Å². The molecule has 4 nitrogen and oxygen atoms in total. The summed E-state index contributed by atoms with van der Waals surface area (Å²) >= 11 is 0. The van der Waals surface area contributed by atoms with Crippen LogP contribution in [0.25, 0.3) is 0 Å². The maximum atomic E-state index is 10.3. The van der Waals surface area contributed by atoms with Crippen molar-refractivity contribution in [3.63, 3.8) is 0 Å². The highest BCUT2D eigenvalue weighted by Gasteiger charge is 2.35. The van der Waals surface area contributed by atoms with Crippen molar-refractivity contribution in [1.29, 1.82) is 0 Å². The molecule has 0 unspecified atom stereocenters. The highest BCUT2D eigenvalue weighted by molar-refractivity contribution is 5.04. The van der Waals surface area contributed by atoms with E-state index in [1.165, 1.54) is 19.3 Å². The monoisotopic (exact) mass is 275 g/mol. The number of hydrogen-bond acceptors (Lipinski definition) is 4. The van der Waals surface area contributed by atoms with Crippen molar-refractivity contribution in [1.82, 2.24) is 14.8 Å². The first-order valence-electron chi connectivity index (χ1n) is 7.87. The van der Waals surface area contributed by atoms with Gasteiger partial charge in [-0.1, -0.05) is 12.5 Å².